The van der Waals surface area contributed by atoms with Crippen molar-refractivity contribution in [2.75, 3.05) is 5.32 Å². The summed E-state index contributed by atoms with van der Waals surface area (Å²) in [6.45, 7) is 0. The van der Waals surface area contributed by atoms with Crippen LogP contribution in [0.1, 0.15) is 57.9 Å². The Morgan fingerprint density at radius 2 is 1.86 bits per heavy atom. The van der Waals surface area contributed by atoms with E-state index in [2.05, 4.69) is 5.32 Å². The van der Waals surface area contributed by atoms with E-state index in [1.54, 1.807) is 12.1 Å². The smallest absolute Gasteiger partial charge is 0.416 e. The van der Waals surface area contributed by atoms with Gasteiger partial charge < -0.3 is 10.4 Å². The summed E-state index contributed by atoms with van der Waals surface area (Å²) in [5, 5.41) is 12.5. The molecule has 3 aliphatic rings. The number of carboxylic acid groups (broad SMARTS) is 1. The molecular formula is C25H18F3N3O5. The van der Waals surface area contributed by atoms with E-state index < -0.39 is 46.0 Å². The first-order valence-electron chi connectivity index (χ1n) is 11.3. The van der Waals surface area contributed by atoms with Crippen LogP contribution in [-0.4, -0.2) is 26.1 Å². The summed E-state index contributed by atoms with van der Waals surface area (Å²) in [7, 11) is 0. The maximum absolute atomic E-state index is 13.6. The van der Waals surface area contributed by atoms with Crippen LogP contribution in [0, 0.1) is 0 Å². The predicted octanol–water partition coefficient (Wildman–Crippen LogP) is 3.24. The largest absolute Gasteiger partial charge is 0.477 e. The molecule has 36 heavy (non-hydrogen) atoms. The highest BCUT2D eigenvalue weighted by Gasteiger charge is 2.56. The van der Waals surface area contributed by atoms with E-state index in [9.17, 15) is 37.5 Å². The minimum Gasteiger partial charge on any atom is -0.477 e. The van der Waals surface area contributed by atoms with Crippen molar-refractivity contribution in [1.82, 2.24) is 9.13 Å². The lowest BCUT2D eigenvalue weighted by molar-refractivity contribution is -0.138. The Balaban J connectivity index is 1.55. The number of nitrogens with one attached hydrogen (secondary N) is 1. The highest BCUT2D eigenvalue weighted by Crippen LogP contribution is 2.55. The normalized spacial score (nSPS) is 19.2. The summed E-state index contributed by atoms with van der Waals surface area (Å²) in [6, 6.07) is 7.28. The molecule has 0 radical (unpaired) electrons. The zero-order valence-corrected chi connectivity index (χ0v) is 18.6. The van der Waals surface area contributed by atoms with Gasteiger partial charge in [0.25, 0.3) is 5.56 Å². The van der Waals surface area contributed by atoms with E-state index >= 15 is 0 Å². The molecule has 8 nitrogen and oxygen atoms in total. The van der Waals surface area contributed by atoms with Gasteiger partial charge in [-0.2, -0.15) is 13.2 Å². The summed E-state index contributed by atoms with van der Waals surface area (Å²) >= 11 is 0. The second kappa shape index (κ2) is 7.19. The molecule has 1 aromatic heterocycles. The van der Waals surface area contributed by atoms with Crippen LogP contribution in [0.5, 0.6) is 0 Å². The average Bonchev–Trinajstić information content (AvgIpc) is 3.45. The summed E-state index contributed by atoms with van der Waals surface area (Å²) in [5.41, 5.74) is -2.46. The first-order valence-corrected chi connectivity index (χ1v) is 11.3. The minimum absolute atomic E-state index is 0.00799. The standard InChI is InChI=1S/C25H18F3N3O5/c26-25(27,28)16-3-1-2-14-13(16)5-7-19(14)31-20(32)15(21(33)34)11-30(23(31)36)12-4-6-18-17(10-12)24(8-9-24)22(35)29-18/h1-4,6,10-11,19H,5,7-9H2,(H,29,35)(H,33,34). The van der Waals surface area contributed by atoms with Crippen LogP contribution >= 0.6 is 0 Å². The van der Waals surface area contributed by atoms with Gasteiger partial charge >= 0.3 is 17.8 Å². The molecule has 2 aromatic carbocycles. The monoisotopic (exact) mass is 497 g/mol. The second-order valence-corrected chi connectivity index (χ2v) is 9.37. The minimum atomic E-state index is -4.61. The third-order valence-electron chi connectivity index (χ3n) is 7.44. The van der Waals surface area contributed by atoms with Crippen LogP contribution < -0.4 is 16.6 Å². The fraction of sp³-hybridized carbons (Fsp3) is 0.280. The number of halogens is 3. The Morgan fingerprint density at radius 3 is 2.53 bits per heavy atom. The summed E-state index contributed by atoms with van der Waals surface area (Å²) in [6.07, 6.45) is -2.38. The van der Waals surface area contributed by atoms with Crippen LogP contribution in [0.2, 0.25) is 0 Å². The number of carbonyl (C=O) groups is 2. The number of aromatic nitrogens is 2. The lowest BCUT2D eigenvalue weighted by Crippen LogP contribution is -2.43. The van der Waals surface area contributed by atoms with E-state index in [4.69, 9.17) is 0 Å². The number of hydrogen-bond acceptors (Lipinski definition) is 4. The zero-order chi connectivity index (χ0) is 25.6. The highest BCUT2D eigenvalue weighted by atomic mass is 19.4. The molecule has 3 aromatic rings. The van der Waals surface area contributed by atoms with Gasteiger partial charge in [0.2, 0.25) is 5.91 Å². The van der Waals surface area contributed by atoms with E-state index in [1.807, 2.05) is 0 Å². The number of hydrogen-bond donors (Lipinski definition) is 2. The molecule has 1 spiro atoms. The van der Waals surface area contributed by atoms with Crippen molar-refractivity contribution >= 4 is 17.6 Å². The number of amides is 1. The molecular weight excluding hydrogens is 479 g/mol. The van der Waals surface area contributed by atoms with E-state index in [1.165, 1.54) is 18.2 Å². The Labute approximate surface area is 200 Å². The van der Waals surface area contributed by atoms with Crippen molar-refractivity contribution in [3.8, 4) is 5.69 Å². The first-order chi connectivity index (χ1) is 17.0. The molecule has 2 N–H and O–H groups in total. The van der Waals surface area contributed by atoms with Crippen molar-refractivity contribution in [2.24, 2.45) is 0 Å². The second-order valence-electron chi connectivity index (χ2n) is 9.37. The SMILES string of the molecule is O=C(O)c1cn(-c2ccc3c(c2)C2(CC2)C(=O)N3)c(=O)n(C2CCc3c2cccc3C(F)(F)F)c1=O. The lowest BCUT2D eigenvalue weighted by Gasteiger charge is -2.19. The molecule has 184 valence electrons. The number of alkyl halides is 3. The van der Waals surface area contributed by atoms with Gasteiger partial charge in [-0.3, -0.25) is 18.7 Å². The van der Waals surface area contributed by atoms with Crippen molar-refractivity contribution in [1.29, 1.82) is 0 Å². The van der Waals surface area contributed by atoms with Crippen molar-refractivity contribution in [2.45, 2.75) is 43.3 Å². The lowest BCUT2D eigenvalue weighted by atomic mass is 9.97. The molecule has 11 heteroatoms. The van der Waals surface area contributed by atoms with Crippen LogP contribution in [0.15, 0.2) is 52.2 Å². The first kappa shape index (κ1) is 22.3. The van der Waals surface area contributed by atoms with Gasteiger partial charge in [0.05, 0.1) is 22.7 Å². The Kier molecular flexibility index (Phi) is 4.46. The number of carboxylic acids is 1. The van der Waals surface area contributed by atoms with Crippen LogP contribution in [0.3, 0.4) is 0 Å². The van der Waals surface area contributed by atoms with Gasteiger partial charge in [0.15, 0.2) is 0 Å². The van der Waals surface area contributed by atoms with Crippen LogP contribution in [-0.2, 0) is 22.8 Å². The van der Waals surface area contributed by atoms with Crippen molar-refractivity contribution in [3.63, 3.8) is 0 Å². The summed E-state index contributed by atoms with van der Waals surface area (Å²) < 4.78 is 42.4. The number of fused-ring (bicyclic) bond motifs is 3. The van der Waals surface area contributed by atoms with Crippen molar-refractivity contribution < 1.29 is 27.9 Å². The van der Waals surface area contributed by atoms with Gasteiger partial charge in [-0.05, 0) is 66.6 Å². The van der Waals surface area contributed by atoms with Gasteiger partial charge in [-0.1, -0.05) is 12.1 Å². The Bertz CT molecular complexity index is 1610. The van der Waals surface area contributed by atoms with Gasteiger partial charge in [-0.15, -0.1) is 0 Å². The number of anilines is 1. The molecule has 2 heterocycles. The molecule has 1 saturated carbocycles. The average molecular weight is 497 g/mol. The maximum atomic E-state index is 13.6. The molecule has 2 aliphatic carbocycles. The zero-order valence-electron chi connectivity index (χ0n) is 18.6. The fourth-order valence-electron chi connectivity index (χ4n) is 5.52. The number of carbonyl (C=O) groups excluding carboxylic acids is 1. The number of aromatic carboxylic acids is 1. The topological polar surface area (TPSA) is 110 Å². The number of nitrogens with zero attached hydrogens (tertiary/aromatic N) is 2. The highest BCUT2D eigenvalue weighted by molar-refractivity contribution is 6.08. The van der Waals surface area contributed by atoms with Crippen LogP contribution in [0.25, 0.3) is 5.69 Å². The van der Waals surface area contributed by atoms with Gasteiger partial charge in [0, 0.05) is 11.9 Å². The predicted molar refractivity (Wildman–Crippen MR) is 121 cm³/mol. The number of rotatable bonds is 3. The van der Waals surface area contributed by atoms with E-state index in [0.29, 0.717) is 24.1 Å². The third-order valence-corrected chi connectivity index (χ3v) is 7.44. The third kappa shape index (κ3) is 3.01. The molecule has 1 amide bonds. The summed E-state index contributed by atoms with van der Waals surface area (Å²) in [5.74, 6) is -1.71. The number of benzene rings is 2. The Hall–Kier alpha value is -4.15. The molecule has 6 rings (SSSR count). The van der Waals surface area contributed by atoms with E-state index in [-0.39, 0.29) is 35.6 Å². The molecule has 1 aliphatic heterocycles. The Morgan fingerprint density at radius 1 is 1.11 bits per heavy atom. The van der Waals surface area contributed by atoms with Gasteiger partial charge in [0.1, 0.15) is 5.56 Å². The molecule has 1 fully saturated rings. The maximum Gasteiger partial charge on any atom is 0.416 e. The quantitative estimate of drug-likeness (QED) is 0.578. The summed E-state index contributed by atoms with van der Waals surface area (Å²) in [4.78, 5) is 51.0. The molecule has 0 saturated heterocycles. The van der Waals surface area contributed by atoms with Crippen LogP contribution in [0.4, 0.5) is 18.9 Å². The molecule has 0 bridgehead atoms. The van der Waals surface area contributed by atoms with E-state index in [0.717, 1.165) is 21.4 Å². The fourth-order valence-corrected chi connectivity index (χ4v) is 5.52. The van der Waals surface area contributed by atoms with Crippen molar-refractivity contribution in [3.05, 3.63) is 91.3 Å². The molecule has 1 atom stereocenters. The molecule has 1 unspecified atom stereocenters. The van der Waals surface area contributed by atoms with Gasteiger partial charge in [-0.25, -0.2) is 9.59 Å².